The van der Waals surface area contributed by atoms with E-state index in [-0.39, 0.29) is 12.5 Å². The molecular weight excluding hydrogens is 324 g/mol. The van der Waals surface area contributed by atoms with Crippen LogP contribution in [0.3, 0.4) is 0 Å². The Balaban J connectivity index is 2.09. The van der Waals surface area contributed by atoms with Crippen molar-refractivity contribution in [1.82, 2.24) is 5.32 Å². The number of carboxylic acid groups (broad SMARTS) is 1. The zero-order valence-corrected chi connectivity index (χ0v) is 12.8. The molecule has 1 aromatic rings. The quantitative estimate of drug-likeness (QED) is 0.631. The van der Waals surface area contributed by atoms with Gasteiger partial charge in [0.15, 0.2) is 0 Å². The van der Waals surface area contributed by atoms with E-state index in [2.05, 4.69) is 26.6 Å². The van der Waals surface area contributed by atoms with Gasteiger partial charge in [-0.3, -0.25) is 4.79 Å². The number of amides is 2. The van der Waals surface area contributed by atoms with Crippen LogP contribution in [0.15, 0.2) is 28.7 Å². The number of para-hydroxylation sites is 1. The van der Waals surface area contributed by atoms with E-state index in [9.17, 15) is 9.59 Å². The van der Waals surface area contributed by atoms with Crippen LogP contribution in [0.1, 0.15) is 32.1 Å². The maximum Gasteiger partial charge on any atom is 0.319 e. The van der Waals surface area contributed by atoms with Crippen LogP contribution in [-0.4, -0.2) is 23.7 Å². The van der Waals surface area contributed by atoms with Gasteiger partial charge in [0.05, 0.1) is 5.69 Å². The lowest BCUT2D eigenvalue weighted by atomic mass is 10.1. The van der Waals surface area contributed by atoms with Crippen LogP contribution in [0.4, 0.5) is 10.5 Å². The fourth-order valence-electron chi connectivity index (χ4n) is 1.69. The molecule has 5 nitrogen and oxygen atoms in total. The number of rotatable bonds is 8. The van der Waals surface area contributed by atoms with Crippen molar-refractivity contribution in [2.45, 2.75) is 32.1 Å². The fourth-order valence-corrected chi connectivity index (χ4v) is 2.07. The van der Waals surface area contributed by atoms with E-state index in [4.69, 9.17) is 5.11 Å². The number of carbonyl (C=O) groups excluding carboxylic acids is 1. The summed E-state index contributed by atoms with van der Waals surface area (Å²) < 4.78 is 0.837. The van der Waals surface area contributed by atoms with Crippen molar-refractivity contribution in [2.75, 3.05) is 11.9 Å². The predicted molar refractivity (Wildman–Crippen MR) is 81.9 cm³/mol. The maximum atomic E-state index is 11.6. The van der Waals surface area contributed by atoms with Gasteiger partial charge in [0.25, 0.3) is 0 Å². The van der Waals surface area contributed by atoms with Crippen molar-refractivity contribution in [3.63, 3.8) is 0 Å². The van der Waals surface area contributed by atoms with Crippen LogP contribution >= 0.6 is 15.9 Å². The molecule has 110 valence electrons. The second kappa shape index (κ2) is 9.36. The minimum Gasteiger partial charge on any atom is -0.481 e. The van der Waals surface area contributed by atoms with Crippen molar-refractivity contribution < 1.29 is 14.7 Å². The zero-order valence-electron chi connectivity index (χ0n) is 11.2. The number of nitrogens with one attached hydrogen (secondary N) is 2. The third-order valence-corrected chi connectivity index (χ3v) is 3.42. The summed E-state index contributed by atoms with van der Waals surface area (Å²) in [7, 11) is 0. The highest BCUT2D eigenvalue weighted by Crippen LogP contribution is 2.20. The van der Waals surface area contributed by atoms with Gasteiger partial charge in [-0.15, -0.1) is 0 Å². The molecule has 1 aromatic carbocycles. The van der Waals surface area contributed by atoms with Crippen LogP contribution in [0, 0.1) is 0 Å². The molecule has 0 saturated carbocycles. The number of unbranched alkanes of at least 4 members (excludes halogenated alkanes) is 3. The van der Waals surface area contributed by atoms with E-state index < -0.39 is 5.97 Å². The Morgan fingerprint density at radius 1 is 1.10 bits per heavy atom. The average Bonchev–Trinajstić information content (AvgIpc) is 2.40. The summed E-state index contributed by atoms with van der Waals surface area (Å²) in [5.41, 5.74) is 0.728. The summed E-state index contributed by atoms with van der Waals surface area (Å²) in [5, 5.41) is 14.0. The molecule has 6 heteroatoms. The number of carbonyl (C=O) groups is 2. The topological polar surface area (TPSA) is 78.4 Å². The number of urea groups is 1. The minimum absolute atomic E-state index is 0.218. The number of benzene rings is 1. The van der Waals surface area contributed by atoms with E-state index in [0.29, 0.717) is 13.0 Å². The van der Waals surface area contributed by atoms with Gasteiger partial charge in [0.2, 0.25) is 0 Å². The molecule has 0 radical (unpaired) electrons. The number of hydrogen-bond acceptors (Lipinski definition) is 2. The van der Waals surface area contributed by atoms with E-state index in [1.165, 1.54) is 0 Å². The smallest absolute Gasteiger partial charge is 0.319 e. The van der Waals surface area contributed by atoms with E-state index in [1.807, 2.05) is 24.3 Å². The molecular formula is C14H19BrN2O3. The van der Waals surface area contributed by atoms with Gasteiger partial charge in [-0.2, -0.15) is 0 Å². The zero-order chi connectivity index (χ0) is 14.8. The highest BCUT2D eigenvalue weighted by atomic mass is 79.9. The largest absolute Gasteiger partial charge is 0.481 e. The van der Waals surface area contributed by atoms with Crippen LogP contribution < -0.4 is 10.6 Å². The summed E-state index contributed by atoms with van der Waals surface area (Å²) in [5.74, 6) is -0.754. The Hall–Kier alpha value is -1.56. The molecule has 0 unspecified atom stereocenters. The fraction of sp³-hybridized carbons (Fsp3) is 0.429. The van der Waals surface area contributed by atoms with Gasteiger partial charge >= 0.3 is 12.0 Å². The molecule has 0 aliphatic rings. The molecule has 0 heterocycles. The van der Waals surface area contributed by atoms with E-state index in [0.717, 1.165) is 29.4 Å². The van der Waals surface area contributed by atoms with Gasteiger partial charge in [-0.1, -0.05) is 25.0 Å². The molecule has 2 amide bonds. The first kappa shape index (κ1) is 16.5. The number of anilines is 1. The molecule has 0 aromatic heterocycles. The Kier molecular flexibility index (Phi) is 7.72. The predicted octanol–water partition coefficient (Wildman–Crippen LogP) is 3.61. The van der Waals surface area contributed by atoms with Gasteiger partial charge in [0.1, 0.15) is 0 Å². The van der Waals surface area contributed by atoms with Gasteiger partial charge in [-0.05, 0) is 40.9 Å². The molecule has 3 N–H and O–H groups in total. The number of halogens is 1. The van der Waals surface area contributed by atoms with E-state index >= 15 is 0 Å². The van der Waals surface area contributed by atoms with Crippen LogP contribution in [0.5, 0.6) is 0 Å². The Morgan fingerprint density at radius 2 is 1.80 bits per heavy atom. The molecule has 0 fully saturated rings. The SMILES string of the molecule is O=C(O)CCCCCCNC(=O)Nc1ccccc1Br. The molecule has 20 heavy (non-hydrogen) atoms. The summed E-state index contributed by atoms with van der Waals surface area (Å²) in [6, 6.07) is 7.17. The molecule has 0 aliphatic carbocycles. The minimum atomic E-state index is -0.754. The summed E-state index contributed by atoms with van der Waals surface area (Å²) in [4.78, 5) is 21.9. The van der Waals surface area contributed by atoms with Crippen molar-refractivity contribution in [3.05, 3.63) is 28.7 Å². The van der Waals surface area contributed by atoms with Crippen molar-refractivity contribution >= 4 is 33.6 Å². The highest BCUT2D eigenvalue weighted by molar-refractivity contribution is 9.10. The first-order chi connectivity index (χ1) is 9.59. The van der Waals surface area contributed by atoms with Crippen LogP contribution in [0.25, 0.3) is 0 Å². The van der Waals surface area contributed by atoms with E-state index in [1.54, 1.807) is 0 Å². The lowest BCUT2D eigenvalue weighted by molar-refractivity contribution is -0.137. The Bertz CT molecular complexity index is 452. The lowest BCUT2D eigenvalue weighted by Gasteiger charge is -2.08. The Morgan fingerprint density at radius 3 is 2.50 bits per heavy atom. The number of carboxylic acids is 1. The summed E-state index contributed by atoms with van der Waals surface area (Å²) >= 11 is 3.36. The van der Waals surface area contributed by atoms with Gasteiger partial charge in [0, 0.05) is 17.4 Å². The maximum absolute atomic E-state index is 11.6. The second-order valence-electron chi connectivity index (χ2n) is 4.42. The molecule has 1 rings (SSSR count). The van der Waals surface area contributed by atoms with Gasteiger partial charge in [-0.25, -0.2) is 4.79 Å². The highest BCUT2D eigenvalue weighted by Gasteiger charge is 2.03. The third kappa shape index (κ3) is 7.13. The van der Waals surface area contributed by atoms with Crippen LogP contribution in [-0.2, 0) is 4.79 Å². The molecule has 0 aliphatic heterocycles. The molecule has 0 bridgehead atoms. The summed E-state index contributed by atoms with van der Waals surface area (Å²) in [6.45, 7) is 0.587. The Labute approximate surface area is 126 Å². The lowest BCUT2D eigenvalue weighted by Crippen LogP contribution is -2.29. The number of hydrogen-bond donors (Lipinski definition) is 3. The molecule has 0 saturated heterocycles. The first-order valence-electron chi connectivity index (χ1n) is 6.61. The number of aliphatic carboxylic acids is 1. The first-order valence-corrected chi connectivity index (χ1v) is 7.40. The van der Waals surface area contributed by atoms with Crippen molar-refractivity contribution in [1.29, 1.82) is 0 Å². The van der Waals surface area contributed by atoms with Crippen molar-refractivity contribution in [3.8, 4) is 0 Å². The third-order valence-electron chi connectivity index (χ3n) is 2.73. The summed E-state index contributed by atoms with van der Waals surface area (Å²) in [6.07, 6.45) is 3.56. The monoisotopic (exact) mass is 342 g/mol. The van der Waals surface area contributed by atoms with Gasteiger partial charge < -0.3 is 15.7 Å². The average molecular weight is 343 g/mol. The molecule has 0 atom stereocenters. The van der Waals surface area contributed by atoms with Crippen LogP contribution in [0.2, 0.25) is 0 Å². The standard InChI is InChI=1S/C14H19BrN2O3/c15-11-7-4-5-8-12(11)17-14(20)16-10-6-2-1-3-9-13(18)19/h4-5,7-8H,1-3,6,9-10H2,(H,18,19)(H2,16,17,20). The second-order valence-corrected chi connectivity index (χ2v) is 5.27. The van der Waals surface area contributed by atoms with Crippen molar-refractivity contribution in [2.24, 2.45) is 0 Å². The molecule has 0 spiro atoms. The normalized spacial score (nSPS) is 10.1.